The van der Waals surface area contributed by atoms with Gasteiger partial charge in [-0.15, -0.1) is 0 Å². The molecular weight excluding hydrogens is 241 g/mol. The zero-order chi connectivity index (χ0) is 14.2. The summed E-state index contributed by atoms with van der Waals surface area (Å²) in [6.07, 6.45) is 0.917. The van der Waals surface area contributed by atoms with E-state index in [1.165, 1.54) is 5.56 Å². The molecule has 0 aliphatic rings. The Balaban J connectivity index is 3.12. The molecule has 1 radical (unpaired) electrons. The molecule has 2 nitrogen and oxygen atoms in total. The van der Waals surface area contributed by atoms with Gasteiger partial charge >= 0.3 is 0 Å². The Labute approximate surface area is 112 Å². The maximum Gasteiger partial charge on any atom is 0.115 e. The summed E-state index contributed by atoms with van der Waals surface area (Å²) in [5, 5.41) is 9.58. The molecule has 0 saturated carbocycles. The van der Waals surface area contributed by atoms with Gasteiger partial charge in [-0.2, -0.15) is 0 Å². The SMILES string of the molecule is CC(C)(C)[P](N)(Cc1ccc(O)cc1)C(C)(C)C. The van der Waals surface area contributed by atoms with E-state index in [1.54, 1.807) is 12.1 Å². The Morgan fingerprint density at radius 1 is 0.944 bits per heavy atom. The number of rotatable bonds is 2. The minimum atomic E-state index is -1.66. The lowest BCUT2D eigenvalue weighted by atomic mass is 10.2. The van der Waals surface area contributed by atoms with E-state index >= 15 is 0 Å². The van der Waals surface area contributed by atoms with Crippen molar-refractivity contribution in [1.29, 1.82) is 0 Å². The Kier molecular flexibility index (Phi) is 4.15. The van der Waals surface area contributed by atoms with Gasteiger partial charge in [0.15, 0.2) is 0 Å². The minimum absolute atomic E-state index is 0.114. The van der Waals surface area contributed by atoms with Crippen molar-refractivity contribution in [3.05, 3.63) is 29.8 Å². The standard InChI is InChI=1S/C15H27NOP/c1-14(2,3)18(16,15(4,5)6)11-12-7-9-13(17)10-8-12/h7-10,17H,11,16H2,1-6H3. The molecule has 18 heavy (non-hydrogen) atoms. The fourth-order valence-corrected chi connectivity index (χ4v) is 6.12. The van der Waals surface area contributed by atoms with Crippen molar-refractivity contribution >= 4 is 7.41 Å². The average molecular weight is 268 g/mol. The second-order valence-electron chi connectivity index (χ2n) is 7.04. The summed E-state index contributed by atoms with van der Waals surface area (Å²) in [5.41, 5.74) is 8.09. The second-order valence-corrected chi connectivity index (χ2v) is 11.8. The van der Waals surface area contributed by atoms with Crippen LogP contribution in [0, 0.1) is 0 Å². The lowest BCUT2D eigenvalue weighted by Gasteiger charge is -2.53. The fourth-order valence-electron chi connectivity index (χ4n) is 2.37. The van der Waals surface area contributed by atoms with Gasteiger partial charge in [0.25, 0.3) is 0 Å². The first-order valence-corrected chi connectivity index (χ1v) is 8.46. The Morgan fingerprint density at radius 2 is 1.33 bits per heavy atom. The van der Waals surface area contributed by atoms with Gasteiger partial charge in [-0.05, 0) is 28.0 Å². The predicted octanol–water partition coefficient (Wildman–Crippen LogP) is 4.38. The van der Waals surface area contributed by atoms with Gasteiger partial charge in [-0.1, -0.05) is 61.1 Å². The molecular formula is C15H27NOP. The topological polar surface area (TPSA) is 46.2 Å². The van der Waals surface area contributed by atoms with E-state index in [2.05, 4.69) is 41.5 Å². The number of hydrogen-bond donors (Lipinski definition) is 2. The van der Waals surface area contributed by atoms with Crippen molar-refractivity contribution in [2.24, 2.45) is 5.50 Å². The molecule has 1 aromatic carbocycles. The van der Waals surface area contributed by atoms with Gasteiger partial charge in [0.2, 0.25) is 0 Å². The van der Waals surface area contributed by atoms with Gasteiger partial charge < -0.3 is 10.6 Å². The molecule has 0 amide bonds. The van der Waals surface area contributed by atoms with E-state index in [0.717, 1.165) is 6.16 Å². The number of aromatic hydroxyl groups is 1. The first-order valence-electron chi connectivity index (χ1n) is 6.42. The van der Waals surface area contributed by atoms with E-state index in [9.17, 15) is 5.11 Å². The van der Waals surface area contributed by atoms with Crippen LogP contribution in [-0.2, 0) is 6.16 Å². The van der Waals surface area contributed by atoms with Crippen LogP contribution >= 0.6 is 7.41 Å². The van der Waals surface area contributed by atoms with Crippen molar-refractivity contribution in [1.82, 2.24) is 0 Å². The zero-order valence-electron chi connectivity index (χ0n) is 12.5. The van der Waals surface area contributed by atoms with Crippen LogP contribution < -0.4 is 5.50 Å². The van der Waals surface area contributed by atoms with E-state index < -0.39 is 7.41 Å². The summed E-state index contributed by atoms with van der Waals surface area (Å²) in [7, 11) is -1.66. The molecule has 103 valence electrons. The van der Waals surface area contributed by atoms with Crippen LogP contribution in [0.5, 0.6) is 5.75 Å². The van der Waals surface area contributed by atoms with Crippen molar-refractivity contribution in [2.75, 3.05) is 0 Å². The predicted molar refractivity (Wildman–Crippen MR) is 82.4 cm³/mol. The summed E-state index contributed by atoms with van der Waals surface area (Å²) in [5.74, 6) is 0.311. The summed E-state index contributed by atoms with van der Waals surface area (Å²) in [6, 6.07) is 7.44. The minimum Gasteiger partial charge on any atom is -0.508 e. The van der Waals surface area contributed by atoms with E-state index in [4.69, 9.17) is 5.50 Å². The molecule has 0 fully saturated rings. The maximum absolute atomic E-state index is 9.35. The molecule has 0 aliphatic heterocycles. The van der Waals surface area contributed by atoms with Crippen LogP contribution in [-0.4, -0.2) is 15.4 Å². The number of nitrogens with two attached hydrogens (primary N) is 1. The first-order chi connectivity index (χ1) is 7.97. The molecule has 0 atom stereocenters. The third kappa shape index (κ3) is 3.05. The molecule has 0 spiro atoms. The maximum atomic E-state index is 9.35. The van der Waals surface area contributed by atoms with E-state index in [0.29, 0.717) is 5.75 Å². The molecule has 0 aliphatic carbocycles. The van der Waals surface area contributed by atoms with Gasteiger partial charge in [0.1, 0.15) is 5.75 Å². The van der Waals surface area contributed by atoms with E-state index in [-0.39, 0.29) is 10.3 Å². The van der Waals surface area contributed by atoms with Crippen molar-refractivity contribution < 1.29 is 5.11 Å². The van der Waals surface area contributed by atoms with Gasteiger partial charge in [-0.25, -0.2) is 0 Å². The van der Waals surface area contributed by atoms with Crippen LogP contribution in [0.2, 0.25) is 0 Å². The smallest absolute Gasteiger partial charge is 0.115 e. The number of hydrogen-bond acceptors (Lipinski definition) is 2. The summed E-state index contributed by atoms with van der Waals surface area (Å²) >= 11 is 0. The Morgan fingerprint density at radius 3 is 1.67 bits per heavy atom. The molecule has 0 bridgehead atoms. The lowest BCUT2D eigenvalue weighted by molar-refractivity contribution is 0.475. The quantitative estimate of drug-likeness (QED) is 0.782. The summed E-state index contributed by atoms with van der Waals surface area (Å²) < 4.78 is 0. The fraction of sp³-hybridized carbons (Fsp3) is 0.600. The molecule has 3 heteroatoms. The van der Waals surface area contributed by atoms with Gasteiger partial charge in [0, 0.05) is 6.16 Å². The van der Waals surface area contributed by atoms with Crippen molar-refractivity contribution in [3.8, 4) is 5.75 Å². The number of phenols is 1. The Hall–Kier alpha value is -0.590. The van der Waals surface area contributed by atoms with Gasteiger partial charge in [-0.3, -0.25) is 0 Å². The normalized spacial score (nSPS) is 13.7. The first kappa shape index (κ1) is 15.5. The zero-order valence-corrected chi connectivity index (χ0v) is 13.4. The molecule has 0 saturated heterocycles. The highest BCUT2D eigenvalue weighted by atomic mass is 31.2. The third-order valence-corrected chi connectivity index (χ3v) is 9.41. The third-order valence-electron chi connectivity index (χ3n) is 3.76. The molecule has 0 heterocycles. The molecule has 0 unspecified atom stereocenters. The molecule has 0 aromatic heterocycles. The summed E-state index contributed by atoms with van der Waals surface area (Å²) in [4.78, 5) is 0. The van der Waals surface area contributed by atoms with Gasteiger partial charge in [0.05, 0.1) is 0 Å². The largest absolute Gasteiger partial charge is 0.508 e. The summed E-state index contributed by atoms with van der Waals surface area (Å²) in [6.45, 7) is 13.5. The van der Waals surface area contributed by atoms with Crippen LogP contribution in [0.1, 0.15) is 47.1 Å². The molecule has 1 rings (SSSR count). The van der Waals surface area contributed by atoms with Crippen molar-refractivity contribution in [2.45, 2.75) is 58.0 Å². The van der Waals surface area contributed by atoms with Crippen LogP contribution in [0.15, 0.2) is 24.3 Å². The highest BCUT2D eigenvalue weighted by Gasteiger charge is 2.45. The second kappa shape index (κ2) is 4.83. The number of benzene rings is 1. The van der Waals surface area contributed by atoms with Crippen LogP contribution in [0.4, 0.5) is 0 Å². The van der Waals surface area contributed by atoms with Crippen molar-refractivity contribution in [3.63, 3.8) is 0 Å². The lowest BCUT2D eigenvalue weighted by Crippen LogP contribution is -2.39. The number of phenolic OH excluding ortho intramolecular Hbond substituents is 1. The monoisotopic (exact) mass is 268 g/mol. The average Bonchev–Trinajstić information content (AvgIpc) is 2.18. The highest BCUT2D eigenvalue weighted by molar-refractivity contribution is 7.75. The van der Waals surface area contributed by atoms with Crippen LogP contribution in [0.25, 0.3) is 0 Å². The Bertz CT molecular complexity index is 384. The van der Waals surface area contributed by atoms with Crippen LogP contribution in [0.3, 0.4) is 0 Å². The molecule has 3 N–H and O–H groups in total. The van der Waals surface area contributed by atoms with E-state index in [1.807, 2.05) is 12.1 Å². The molecule has 1 aromatic rings. The highest BCUT2D eigenvalue weighted by Crippen LogP contribution is 2.72.